The lowest BCUT2D eigenvalue weighted by atomic mass is 9.79. The quantitative estimate of drug-likeness (QED) is 0.690. The molecule has 0 bridgehead atoms. The molecule has 0 spiro atoms. The van der Waals surface area contributed by atoms with Crippen molar-refractivity contribution in [2.45, 2.75) is 6.92 Å². The van der Waals surface area contributed by atoms with Gasteiger partial charge in [-0.15, -0.1) is 0 Å². The second-order valence-corrected chi connectivity index (χ2v) is 3.22. The predicted molar refractivity (Wildman–Crippen MR) is 56.5 cm³/mol. The molecule has 0 saturated carbocycles. The number of hydrogen-bond acceptors (Lipinski definition) is 4. The molecule has 0 amide bonds. The first-order chi connectivity index (χ1) is 7.18. The fraction of sp³-hybridized carbons (Fsp3) is 0.100. The summed E-state index contributed by atoms with van der Waals surface area (Å²) in [4.78, 5) is 4.22. The first-order valence-corrected chi connectivity index (χ1v) is 4.56. The summed E-state index contributed by atoms with van der Waals surface area (Å²) in [6.45, 7) is 1.72. The van der Waals surface area contributed by atoms with Gasteiger partial charge in [0.1, 0.15) is 5.69 Å². The third-order valence-corrected chi connectivity index (χ3v) is 2.18. The van der Waals surface area contributed by atoms with Gasteiger partial charge in [0.2, 0.25) is 0 Å². The first-order valence-electron chi connectivity index (χ1n) is 4.56. The van der Waals surface area contributed by atoms with Gasteiger partial charge in [0.05, 0.1) is 6.26 Å². The molecule has 0 saturated heterocycles. The van der Waals surface area contributed by atoms with Crippen molar-refractivity contribution < 1.29 is 14.5 Å². The zero-order chi connectivity index (χ0) is 10.8. The van der Waals surface area contributed by atoms with E-state index in [9.17, 15) is 0 Å². The Morgan fingerprint density at radius 3 is 2.60 bits per heavy atom. The van der Waals surface area contributed by atoms with E-state index in [2.05, 4.69) is 4.98 Å². The van der Waals surface area contributed by atoms with Crippen LogP contribution in [-0.2, 0) is 0 Å². The van der Waals surface area contributed by atoms with E-state index in [0.717, 1.165) is 0 Å². The highest BCUT2D eigenvalue weighted by Crippen LogP contribution is 2.16. The Hall–Kier alpha value is -1.59. The molecule has 0 aliphatic heterocycles. The van der Waals surface area contributed by atoms with Gasteiger partial charge in [0.15, 0.2) is 5.76 Å². The summed E-state index contributed by atoms with van der Waals surface area (Å²) in [7, 11) is -1.48. The number of nitrogens with zero attached hydrogens (tertiary/aromatic N) is 1. The van der Waals surface area contributed by atoms with Crippen LogP contribution in [0.2, 0.25) is 0 Å². The minimum atomic E-state index is -1.48. The SMILES string of the molecule is Cc1nc(-c2ccco2)ccc1B(O)O. The van der Waals surface area contributed by atoms with E-state index in [1.165, 1.54) is 0 Å². The number of aryl methyl sites for hydroxylation is 1. The van der Waals surface area contributed by atoms with Crippen LogP contribution in [0.15, 0.2) is 34.9 Å². The monoisotopic (exact) mass is 203 g/mol. The molecule has 15 heavy (non-hydrogen) atoms. The van der Waals surface area contributed by atoms with Gasteiger partial charge in [-0.1, -0.05) is 6.07 Å². The zero-order valence-electron chi connectivity index (χ0n) is 8.21. The van der Waals surface area contributed by atoms with E-state index in [0.29, 0.717) is 22.6 Å². The van der Waals surface area contributed by atoms with Crippen molar-refractivity contribution in [3.63, 3.8) is 0 Å². The van der Waals surface area contributed by atoms with E-state index in [4.69, 9.17) is 14.5 Å². The first kappa shape index (κ1) is 9.95. The summed E-state index contributed by atoms with van der Waals surface area (Å²) in [5.41, 5.74) is 1.67. The molecule has 0 fully saturated rings. The highest BCUT2D eigenvalue weighted by Gasteiger charge is 2.15. The third-order valence-electron chi connectivity index (χ3n) is 2.18. The molecule has 0 radical (unpaired) electrons. The van der Waals surface area contributed by atoms with E-state index in [1.54, 1.807) is 37.5 Å². The average molecular weight is 203 g/mol. The van der Waals surface area contributed by atoms with Crippen molar-refractivity contribution in [2.24, 2.45) is 0 Å². The lowest BCUT2D eigenvalue weighted by Gasteiger charge is -2.04. The van der Waals surface area contributed by atoms with Crippen LogP contribution in [0.4, 0.5) is 0 Å². The fourth-order valence-corrected chi connectivity index (χ4v) is 1.41. The summed E-state index contributed by atoms with van der Waals surface area (Å²) < 4.78 is 5.19. The summed E-state index contributed by atoms with van der Waals surface area (Å²) in [5.74, 6) is 0.664. The molecule has 0 aliphatic carbocycles. The Balaban J connectivity index is 2.42. The minimum Gasteiger partial charge on any atom is -0.463 e. The number of hydrogen-bond donors (Lipinski definition) is 2. The van der Waals surface area contributed by atoms with Crippen LogP contribution in [0, 0.1) is 6.92 Å². The molecule has 0 aliphatic rings. The molecular formula is C10H10BNO3. The van der Waals surface area contributed by atoms with Crippen LogP contribution in [0.25, 0.3) is 11.5 Å². The van der Waals surface area contributed by atoms with Gasteiger partial charge in [0, 0.05) is 11.2 Å². The van der Waals surface area contributed by atoms with Crippen molar-refractivity contribution in [1.82, 2.24) is 4.98 Å². The van der Waals surface area contributed by atoms with E-state index in [1.807, 2.05) is 0 Å². The summed E-state index contributed by atoms with van der Waals surface area (Å²) in [5, 5.41) is 18.0. The topological polar surface area (TPSA) is 66.5 Å². The van der Waals surface area contributed by atoms with Crippen LogP contribution in [-0.4, -0.2) is 22.2 Å². The van der Waals surface area contributed by atoms with Gasteiger partial charge < -0.3 is 14.5 Å². The average Bonchev–Trinajstić information content (AvgIpc) is 2.69. The Morgan fingerprint density at radius 1 is 1.27 bits per heavy atom. The van der Waals surface area contributed by atoms with E-state index >= 15 is 0 Å². The molecule has 2 aromatic rings. The largest absolute Gasteiger partial charge is 0.490 e. The second-order valence-electron chi connectivity index (χ2n) is 3.22. The van der Waals surface area contributed by atoms with Gasteiger partial charge in [-0.05, 0) is 25.1 Å². The molecule has 4 nitrogen and oxygen atoms in total. The highest BCUT2D eigenvalue weighted by atomic mass is 16.4. The number of rotatable bonds is 2. The molecule has 0 unspecified atom stereocenters. The molecule has 2 rings (SSSR count). The molecule has 2 heterocycles. The van der Waals surface area contributed by atoms with Crippen LogP contribution < -0.4 is 5.46 Å². The van der Waals surface area contributed by atoms with Crippen LogP contribution in [0.3, 0.4) is 0 Å². The molecule has 0 atom stereocenters. The number of furan rings is 1. The zero-order valence-corrected chi connectivity index (χ0v) is 8.21. The predicted octanol–water partition coefficient (Wildman–Crippen LogP) is 0.330. The van der Waals surface area contributed by atoms with Crippen LogP contribution in [0.1, 0.15) is 5.69 Å². The van der Waals surface area contributed by atoms with Gasteiger partial charge >= 0.3 is 7.12 Å². The smallest absolute Gasteiger partial charge is 0.463 e. The number of pyridine rings is 1. The van der Waals surface area contributed by atoms with Crippen molar-refractivity contribution in [1.29, 1.82) is 0 Å². The summed E-state index contributed by atoms with van der Waals surface area (Å²) in [6, 6.07) is 6.91. The van der Waals surface area contributed by atoms with Crippen LogP contribution >= 0.6 is 0 Å². The molecule has 0 aromatic carbocycles. The summed E-state index contributed by atoms with van der Waals surface area (Å²) >= 11 is 0. The maximum Gasteiger partial charge on any atom is 0.490 e. The third kappa shape index (κ3) is 1.93. The molecule has 2 aromatic heterocycles. The van der Waals surface area contributed by atoms with E-state index < -0.39 is 7.12 Å². The molecule has 5 heteroatoms. The Bertz CT molecular complexity index is 454. The van der Waals surface area contributed by atoms with Gasteiger partial charge in [0.25, 0.3) is 0 Å². The normalized spacial score (nSPS) is 10.3. The molecule has 2 N–H and O–H groups in total. The van der Waals surface area contributed by atoms with Crippen molar-refractivity contribution in [2.75, 3.05) is 0 Å². The fourth-order valence-electron chi connectivity index (χ4n) is 1.41. The van der Waals surface area contributed by atoms with Gasteiger partial charge in [-0.25, -0.2) is 0 Å². The standard InChI is InChI=1S/C10H10BNO3/c1-7-8(11(13)14)4-5-9(12-7)10-3-2-6-15-10/h2-6,13-14H,1H3. The molecular weight excluding hydrogens is 193 g/mol. The highest BCUT2D eigenvalue weighted by molar-refractivity contribution is 6.59. The maximum atomic E-state index is 9.02. The molecule has 76 valence electrons. The lowest BCUT2D eigenvalue weighted by Crippen LogP contribution is -2.32. The van der Waals surface area contributed by atoms with Gasteiger partial charge in [-0.3, -0.25) is 4.98 Å². The van der Waals surface area contributed by atoms with E-state index in [-0.39, 0.29) is 0 Å². The Labute approximate surface area is 87.3 Å². The summed E-state index contributed by atoms with van der Waals surface area (Å²) in [6.07, 6.45) is 1.57. The number of aromatic nitrogens is 1. The maximum absolute atomic E-state index is 9.02. The minimum absolute atomic E-state index is 0.408. The van der Waals surface area contributed by atoms with Gasteiger partial charge in [-0.2, -0.15) is 0 Å². The van der Waals surface area contributed by atoms with Crippen molar-refractivity contribution in [3.8, 4) is 11.5 Å². The Morgan fingerprint density at radius 2 is 2.07 bits per heavy atom. The Kier molecular flexibility index (Phi) is 2.57. The van der Waals surface area contributed by atoms with Crippen molar-refractivity contribution >= 4 is 12.6 Å². The lowest BCUT2D eigenvalue weighted by molar-refractivity contribution is 0.425. The van der Waals surface area contributed by atoms with Crippen LogP contribution in [0.5, 0.6) is 0 Å². The second kappa shape index (κ2) is 3.88. The van der Waals surface area contributed by atoms with Crippen molar-refractivity contribution in [3.05, 3.63) is 36.2 Å².